The van der Waals surface area contributed by atoms with Gasteiger partial charge in [0.05, 0.1) is 18.8 Å². The third-order valence-corrected chi connectivity index (χ3v) is 4.91. The molecule has 3 aromatic rings. The lowest BCUT2D eigenvalue weighted by Crippen LogP contribution is -2.31. The van der Waals surface area contributed by atoms with Crippen molar-refractivity contribution in [1.82, 2.24) is 14.7 Å². The zero-order valence-electron chi connectivity index (χ0n) is 15.0. The van der Waals surface area contributed by atoms with Gasteiger partial charge in [0.1, 0.15) is 11.6 Å². The molecule has 0 bridgehead atoms. The molecular formula is C21H20FN3O2. The fourth-order valence-corrected chi connectivity index (χ4v) is 3.51. The summed E-state index contributed by atoms with van der Waals surface area (Å²) in [5, 5.41) is 4.39. The molecule has 0 N–H and O–H groups in total. The lowest BCUT2D eigenvalue weighted by Gasteiger charge is -2.24. The molecule has 2 heterocycles. The van der Waals surface area contributed by atoms with Crippen LogP contribution in [0, 0.1) is 5.82 Å². The molecule has 1 aliphatic heterocycles. The average Bonchev–Trinajstić information content (AvgIpc) is 3.38. The summed E-state index contributed by atoms with van der Waals surface area (Å²) in [5.74, 6) is 0.406. The Morgan fingerprint density at radius 2 is 1.85 bits per heavy atom. The number of aromatic nitrogens is 2. The van der Waals surface area contributed by atoms with Gasteiger partial charge in [-0.3, -0.25) is 4.79 Å². The number of likely N-dealkylation sites (tertiary alicyclic amines) is 1. The van der Waals surface area contributed by atoms with Crippen LogP contribution in [0.25, 0.3) is 5.69 Å². The molecule has 2 aromatic carbocycles. The largest absolute Gasteiger partial charge is 0.497 e. The van der Waals surface area contributed by atoms with Gasteiger partial charge in [-0.25, -0.2) is 9.07 Å². The quantitative estimate of drug-likeness (QED) is 0.702. The van der Waals surface area contributed by atoms with Crippen molar-refractivity contribution in [3.63, 3.8) is 0 Å². The van der Waals surface area contributed by atoms with Gasteiger partial charge >= 0.3 is 0 Å². The van der Waals surface area contributed by atoms with Crippen LogP contribution < -0.4 is 4.74 Å². The predicted molar refractivity (Wildman–Crippen MR) is 99.5 cm³/mol. The van der Waals surface area contributed by atoms with Crippen molar-refractivity contribution in [2.75, 3.05) is 13.7 Å². The van der Waals surface area contributed by atoms with E-state index in [1.54, 1.807) is 36.2 Å². The van der Waals surface area contributed by atoms with Crippen molar-refractivity contribution in [3.05, 3.63) is 77.9 Å². The van der Waals surface area contributed by atoms with E-state index in [1.807, 2.05) is 29.2 Å². The lowest BCUT2D eigenvalue weighted by atomic mass is 10.0. The van der Waals surface area contributed by atoms with Gasteiger partial charge in [0.2, 0.25) is 0 Å². The van der Waals surface area contributed by atoms with Crippen molar-refractivity contribution in [2.45, 2.75) is 18.9 Å². The Hall–Kier alpha value is -3.15. The smallest absolute Gasteiger partial charge is 0.274 e. The monoisotopic (exact) mass is 365 g/mol. The summed E-state index contributed by atoms with van der Waals surface area (Å²) in [6.07, 6.45) is 3.61. The Kier molecular flexibility index (Phi) is 4.62. The summed E-state index contributed by atoms with van der Waals surface area (Å²) in [6, 6.07) is 15.6. The molecule has 6 heteroatoms. The maximum atomic E-state index is 13.1. The SMILES string of the molecule is COc1ccc(C2CCCN2C(=O)c2ccn(-c3ccc(F)cc3)n2)cc1. The molecule has 0 spiro atoms. The van der Waals surface area contributed by atoms with Crippen LogP contribution >= 0.6 is 0 Å². The van der Waals surface area contributed by atoms with Crippen LogP contribution in [-0.2, 0) is 0 Å². The van der Waals surface area contributed by atoms with E-state index in [1.165, 1.54) is 12.1 Å². The predicted octanol–water partition coefficient (Wildman–Crippen LogP) is 4.00. The highest BCUT2D eigenvalue weighted by atomic mass is 19.1. The molecule has 1 amide bonds. The Bertz CT molecular complexity index is 935. The molecule has 1 aliphatic rings. The van der Waals surface area contributed by atoms with Crippen LogP contribution in [0.15, 0.2) is 60.8 Å². The van der Waals surface area contributed by atoms with Gasteiger partial charge in [-0.05, 0) is 60.9 Å². The number of rotatable bonds is 4. The number of hydrogen-bond donors (Lipinski definition) is 0. The van der Waals surface area contributed by atoms with Gasteiger partial charge < -0.3 is 9.64 Å². The molecule has 1 atom stereocenters. The molecule has 4 rings (SSSR count). The third-order valence-electron chi connectivity index (χ3n) is 4.91. The molecule has 1 aromatic heterocycles. The second-order valence-electron chi connectivity index (χ2n) is 6.55. The van der Waals surface area contributed by atoms with E-state index in [2.05, 4.69) is 5.10 Å². The number of nitrogens with zero attached hydrogens (tertiary/aromatic N) is 3. The van der Waals surface area contributed by atoms with Gasteiger partial charge in [0, 0.05) is 12.7 Å². The molecule has 0 aliphatic carbocycles. The van der Waals surface area contributed by atoms with Crippen LogP contribution in [0.3, 0.4) is 0 Å². The first kappa shape index (κ1) is 17.3. The average molecular weight is 365 g/mol. The molecule has 27 heavy (non-hydrogen) atoms. The van der Waals surface area contributed by atoms with E-state index in [0.29, 0.717) is 17.9 Å². The third kappa shape index (κ3) is 3.43. The van der Waals surface area contributed by atoms with Gasteiger partial charge in [0.15, 0.2) is 5.69 Å². The van der Waals surface area contributed by atoms with Crippen LogP contribution in [0.5, 0.6) is 5.75 Å². The number of amides is 1. The number of hydrogen-bond acceptors (Lipinski definition) is 3. The molecule has 1 fully saturated rings. The van der Waals surface area contributed by atoms with Gasteiger partial charge in [-0.15, -0.1) is 0 Å². The molecule has 1 unspecified atom stereocenters. The maximum Gasteiger partial charge on any atom is 0.274 e. The van der Waals surface area contributed by atoms with Gasteiger partial charge in [-0.2, -0.15) is 5.10 Å². The highest BCUT2D eigenvalue weighted by Gasteiger charge is 2.31. The molecule has 0 radical (unpaired) electrons. The summed E-state index contributed by atoms with van der Waals surface area (Å²) in [5.41, 5.74) is 2.20. The normalized spacial score (nSPS) is 16.5. The van der Waals surface area contributed by atoms with Crippen LogP contribution in [0.1, 0.15) is 34.9 Å². The molecule has 5 nitrogen and oxygen atoms in total. The fourth-order valence-electron chi connectivity index (χ4n) is 3.51. The molecule has 1 saturated heterocycles. The summed E-state index contributed by atoms with van der Waals surface area (Å²) in [4.78, 5) is 14.9. The second-order valence-corrected chi connectivity index (χ2v) is 6.55. The van der Waals surface area contributed by atoms with Crippen LogP contribution in [0.2, 0.25) is 0 Å². The lowest BCUT2D eigenvalue weighted by molar-refractivity contribution is 0.0729. The first-order valence-electron chi connectivity index (χ1n) is 8.92. The van der Waals surface area contributed by atoms with E-state index in [9.17, 15) is 9.18 Å². The van der Waals surface area contributed by atoms with E-state index in [0.717, 1.165) is 24.2 Å². The summed E-state index contributed by atoms with van der Waals surface area (Å²) < 4.78 is 19.9. The zero-order valence-corrected chi connectivity index (χ0v) is 15.0. The molecule has 0 saturated carbocycles. The minimum absolute atomic E-state index is 0.0411. The van der Waals surface area contributed by atoms with Crippen LogP contribution in [0.4, 0.5) is 4.39 Å². The van der Waals surface area contributed by atoms with E-state index in [-0.39, 0.29) is 17.8 Å². The van der Waals surface area contributed by atoms with E-state index < -0.39 is 0 Å². The number of ether oxygens (including phenoxy) is 1. The summed E-state index contributed by atoms with van der Waals surface area (Å²) in [7, 11) is 1.64. The Morgan fingerprint density at radius 3 is 2.56 bits per heavy atom. The van der Waals surface area contributed by atoms with Crippen LogP contribution in [-0.4, -0.2) is 34.2 Å². The van der Waals surface area contributed by atoms with Crippen molar-refractivity contribution < 1.29 is 13.9 Å². The standard InChI is InChI=1S/C21H20FN3O2/c1-27-18-10-4-15(5-11-18)20-3-2-13-24(20)21(26)19-12-14-25(23-19)17-8-6-16(22)7-9-17/h4-12,14,20H,2-3,13H2,1H3. The number of methoxy groups -OCH3 is 1. The van der Waals surface area contributed by atoms with E-state index in [4.69, 9.17) is 4.74 Å². The second kappa shape index (κ2) is 7.23. The number of halogens is 1. The molecule has 138 valence electrons. The maximum absolute atomic E-state index is 13.1. The minimum Gasteiger partial charge on any atom is -0.497 e. The van der Waals surface area contributed by atoms with Gasteiger partial charge in [0.25, 0.3) is 5.91 Å². The minimum atomic E-state index is -0.304. The van der Waals surface area contributed by atoms with Gasteiger partial charge in [-0.1, -0.05) is 12.1 Å². The van der Waals surface area contributed by atoms with Crippen molar-refractivity contribution >= 4 is 5.91 Å². The summed E-state index contributed by atoms with van der Waals surface area (Å²) in [6.45, 7) is 0.707. The van der Waals surface area contributed by atoms with E-state index >= 15 is 0 Å². The number of benzene rings is 2. The zero-order chi connectivity index (χ0) is 18.8. The Balaban J connectivity index is 1.55. The highest BCUT2D eigenvalue weighted by molar-refractivity contribution is 5.92. The van der Waals surface area contributed by atoms with Crippen molar-refractivity contribution in [2.24, 2.45) is 0 Å². The Morgan fingerprint density at radius 1 is 1.11 bits per heavy atom. The fraction of sp³-hybridized carbons (Fsp3) is 0.238. The van der Waals surface area contributed by atoms with Crippen molar-refractivity contribution in [3.8, 4) is 11.4 Å². The molecular weight excluding hydrogens is 345 g/mol. The van der Waals surface area contributed by atoms with Crippen molar-refractivity contribution in [1.29, 1.82) is 0 Å². The summed E-state index contributed by atoms with van der Waals surface area (Å²) >= 11 is 0. The Labute approximate surface area is 157 Å². The topological polar surface area (TPSA) is 47.4 Å². The highest BCUT2D eigenvalue weighted by Crippen LogP contribution is 2.33. The first-order valence-corrected chi connectivity index (χ1v) is 8.92. The number of carbonyl (C=O) groups excluding carboxylic acids is 1. The first-order chi connectivity index (χ1) is 13.2. The number of carbonyl (C=O) groups is 1.